The Morgan fingerprint density at radius 2 is 2.15 bits per heavy atom. The molecule has 4 N–H and O–H groups in total. The van der Waals surface area contributed by atoms with Gasteiger partial charge in [-0.2, -0.15) is 0 Å². The van der Waals surface area contributed by atoms with Crippen molar-refractivity contribution in [3.8, 4) is 0 Å². The lowest BCUT2D eigenvalue weighted by Gasteiger charge is -2.14. The minimum absolute atomic E-state index is 0.00225. The lowest BCUT2D eigenvalue weighted by atomic mass is 10.1. The molecule has 0 aliphatic carbocycles. The van der Waals surface area contributed by atoms with E-state index in [0.717, 1.165) is 0 Å². The molecule has 0 radical (unpaired) electrons. The third-order valence-corrected chi connectivity index (χ3v) is 4.15. The molecule has 10 heteroatoms. The van der Waals surface area contributed by atoms with E-state index >= 15 is 0 Å². The predicted octanol–water partition coefficient (Wildman–Crippen LogP) is 3.04. The summed E-state index contributed by atoms with van der Waals surface area (Å²) in [4.78, 5) is 19.1. The van der Waals surface area contributed by atoms with Crippen LogP contribution in [0.15, 0.2) is 35.1 Å². The molecule has 142 valence electrons. The molecule has 3 aromatic rings. The minimum atomic E-state index is -0.794. The first-order valence-electron chi connectivity index (χ1n) is 7.85. The maximum absolute atomic E-state index is 14.9. The van der Waals surface area contributed by atoms with Crippen LogP contribution in [-0.2, 0) is 4.74 Å². The Hall–Kier alpha value is -2.56. The highest BCUT2D eigenvalue weighted by Crippen LogP contribution is 2.31. The van der Waals surface area contributed by atoms with Gasteiger partial charge in [0, 0.05) is 4.47 Å². The van der Waals surface area contributed by atoms with Crippen molar-refractivity contribution in [2.45, 2.75) is 0 Å². The number of carbonyl (C=O) groups is 1. The Morgan fingerprint density at radius 3 is 2.89 bits per heavy atom. The molecule has 3 rings (SSSR count). The van der Waals surface area contributed by atoms with Crippen molar-refractivity contribution in [1.82, 2.24) is 15.3 Å². The number of rotatable bonds is 7. The zero-order valence-electron chi connectivity index (χ0n) is 13.9. The third-order valence-electron chi connectivity index (χ3n) is 3.66. The van der Waals surface area contributed by atoms with Gasteiger partial charge in [0.25, 0.3) is 5.91 Å². The van der Waals surface area contributed by atoms with Gasteiger partial charge in [0.15, 0.2) is 5.82 Å². The van der Waals surface area contributed by atoms with E-state index in [2.05, 4.69) is 36.5 Å². The first kappa shape index (κ1) is 19.2. The van der Waals surface area contributed by atoms with Crippen LogP contribution in [0.3, 0.4) is 0 Å². The monoisotopic (exact) mass is 440 g/mol. The smallest absolute Gasteiger partial charge is 0.255 e. The number of aromatic amines is 1. The molecule has 2 aromatic carbocycles. The fraction of sp³-hybridized carbons (Fsp3) is 0.176. The van der Waals surface area contributed by atoms with Gasteiger partial charge in [-0.15, -0.1) is 0 Å². The number of benzene rings is 2. The SMILES string of the molecule is O=C(NCOCCO)c1cc2[nH]cnc2c(F)c1Nc1ccc(Br)cc1F. The number of fused-ring (bicyclic) bond motifs is 1. The Kier molecular flexibility index (Phi) is 5.99. The number of anilines is 2. The normalized spacial score (nSPS) is 11.0. The van der Waals surface area contributed by atoms with Gasteiger partial charge in [0.2, 0.25) is 0 Å². The van der Waals surface area contributed by atoms with Crippen LogP contribution in [0.1, 0.15) is 10.4 Å². The molecule has 0 unspecified atom stereocenters. The number of imidazole rings is 1. The highest BCUT2D eigenvalue weighted by molar-refractivity contribution is 9.10. The van der Waals surface area contributed by atoms with Gasteiger partial charge >= 0.3 is 0 Å². The summed E-state index contributed by atoms with van der Waals surface area (Å²) in [5.41, 5.74) is 0.0612. The molecule has 0 saturated carbocycles. The summed E-state index contributed by atoms with van der Waals surface area (Å²) in [6.45, 7) is -0.322. The lowest BCUT2D eigenvalue weighted by Crippen LogP contribution is -2.27. The molecule has 7 nitrogen and oxygen atoms in total. The second-order valence-electron chi connectivity index (χ2n) is 5.44. The predicted molar refractivity (Wildman–Crippen MR) is 98.8 cm³/mol. The minimum Gasteiger partial charge on any atom is -0.394 e. The van der Waals surface area contributed by atoms with Crippen LogP contribution >= 0.6 is 15.9 Å². The Balaban J connectivity index is 1.98. The second-order valence-corrected chi connectivity index (χ2v) is 6.36. The fourth-order valence-electron chi connectivity index (χ4n) is 2.42. The van der Waals surface area contributed by atoms with E-state index in [1.165, 1.54) is 24.5 Å². The molecular formula is C17H15BrF2N4O3. The van der Waals surface area contributed by atoms with Crippen LogP contribution in [0.4, 0.5) is 20.2 Å². The molecule has 0 fully saturated rings. The molecule has 0 saturated heterocycles. The van der Waals surface area contributed by atoms with Crippen LogP contribution in [0.5, 0.6) is 0 Å². The van der Waals surface area contributed by atoms with E-state index in [1.807, 2.05) is 0 Å². The summed E-state index contributed by atoms with van der Waals surface area (Å²) >= 11 is 3.15. The second kappa shape index (κ2) is 8.42. The number of ether oxygens (including phenoxy) is 1. The number of carbonyl (C=O) groups excluding carboxylic acids is 1. The summed E-state index contributed by atoms with van der Waals surface area (Å²) in [5, 5.41) is 13.8. The summed E-state index contributed by atoms with van der Waals surface area (Å²) in [6.07, 6.45) is 1.30. The maximum Gasteiger partial charge on any atom is 0.255 e. The number of aliphatic hydroxyl groups is 1. The average Bonchev–Trinajstić information content (AvgIpc) is 3.11. The van der Waals surface area contributed by atoms with E-state index in [9.17, 15) is 13.6 Å². The lowest BCUT2D eigenvalue weighted by molar-refractivity contribution is 0.0664. The molecule has 0 aliphatic rings. The van der Waals surface area contributed by atoms with Crippen LogP contribution in [-0.4, -0.2) is 40.9 Å². The van der Waals surface area contributed by atoms with Gasteiger partial charge in [-0.3, -0.25) is 4.79 Å². The summed E-state index contributed by atoms with van der Waals surface area (Å²) in [5.74, 6) is -2.05. The number of hydrogen-bond acceptors (Lipinski definition) is 5. The first-order valence-corrected chi connectivity index (χ1v) is 8.65. The van der Waals surface area contributed by atoms with Gasteiger partial charge in [-0.1, -0.05) is 15.9 Å². The number of hydrogen-bond donors (Lipinski definition) is 4. The largest absolute Gasteiger partial charge is 0.394 e. The Labute approximate surface area is 160 Å². The van der Waals surface area contributed by atoms with E-state index < -0.39 is 17.5 Å². The van der Waals surface area contributed by atoms with Crippen molar-refractivity contribution in [1.29, 1.82) is 0 Å². The number of amides is 1. The molecule has 27 heavy (non-hydrogen) atoms. The fourth-order valence-corrected chi connectivity index (χ4v) is 2.75. The number of nitrogens with one attached hydrogen (secondary N) is 3. The van der Waals surface area contributed by atoms with E-state index in [1.54, 1.807) is 6.07 Å². The molecule has 0 aliphatic heterocycles. The number of aliphatic hydroxyl groups excluding tert-OH is 1. The zero-order chi connectivity index (χ0) is 19.4. The Morgan fingerprint density at radius 1 is 1.33 bits per heavy atom. The van der Waals surface area contributed by atoms with Gasteiger partial charge in [0.05, 0.1) is 42.0 Å². The van der Waals surface area contributed by atoms with Crippen LogP contribution < -0.4 is 10.6 Å². The van der Waals surface area contributed by atoms with Crippen molar-refractivity contribution in [3.05, 3.63) is 52.3 Å². The first-order chi connectivity index (χ1) is 13.0. The highest BCUT2D eigenvalue weighted by atomic mass is 79.9. The topological polar surface area (TPSA) is 99.3 Å². The zero-order valence-corrected chi connectivity index (χ0v) is 15.4. The van der Waals surface area contributed by atoms with Gasteiger partial charge < -0.3 is 25.5 Å². The van der Waals surface area contributed by atoms with E-state index in [0.29, 0.717) is 9.99 Å². The molecule has 0 bridgehead atoms. The average molecular weight is 441 g/mol. The summed E-state index contributed by atoms with van der Waals surface area (Å²) < 4.78 is 34.6. The van der Waals surface area contributed by atoms with E-state index in [-0.39, 0.29) is 42.4 Å². The summed E-state index contributed by atoms with van der Waals surface area (Å²) in [7, 11) is 0. The van der Waals surface area contributed by atoms with Gasteiger partial charge in [-0.25, -0.2) is 13.8 Å². The molecule has 1 amide bonds. The number of aromatic nitrogens is 2. The molecule has 0 spiro atoms. The Bertz CT molecular complexity index is 980. The molecule has 1 heterocycles. The summed E-state index contributed by atoms with van der Waals surface area (Å²) in [6, 6.07) is 5.63. The molecule has 0 atom stereocenters. The van der Waals surface area contributed by atoms with Crippen molar-refractivity contribution in [2.24, 2.45) is 0 Å². The number of nitrogens with zero attached hydrogens (tertiary/aromatic N) is 1. The highest BCUT2D eigenvalue weighted by Gasteiger charge is 2.21. The quantitative estimate of drug-likeness (QED) is 0.334. The van der Waals surface area contributed by atoms with Crippen molar-refractivity contribution >= 4 is 44.2 Å². The van der Waals surface area contributed by atoms with Crippen molar-refractivity contribution in [3.63, 3.8) is 0 Å². The van der Waals surface area contributed by atoms with Crippen LogP contribution in [0, 0.1) is 11.6 Å². The molecule has 1 aromatic heterocycles. The number of halogens is 3. The van der Waals surface area contributed by atoms with Crippen molar-refractivity contribution < 1.29 is 23.4 Å². The third kappa shape index (κ3) is 4.24. The number of H-pyrrole nitrogens is 1. The van der Waals surface area contributed by atoms with Crippen molar-refractivity contribution in [2.75, 3.05) is 25.3 Å². The van der Waals surface area contributed by atoms with Crippen LogP contribution in [0.2, 0.25) is 0 Å². The molecular weight excluding hydrogens is 426 g/mol. The van der Waals surface area contributed by atoms with E-state index in [4.69, 9.17) is 9.84 Å². The maximum atomic E-state index is 14.9. The van der Waals surface area contributed by atoms with Gasteiger partial charge in [0.1, 0.15) is 18.1 Å². The van der Waals surface area contributed by atoms with Gasteiger partial charge in [-0.05, 0) is 24.3 Å². The standard InChI is InChI=1S/C17H15BrF2N4O3/c18-9-1-2-12(11(19)5-9)24-15-10(17(26)23-8-27-4-3-25)6-13-16(14(15)20)22-7-21-13/h1-2,5-7,24-25H,3-4,8H2,(H,21,22)(H,23,26). The van der Waals surface area contributed by atoms with Crippen LogP contribution in [0.25, 0.3) is 11.0 Å².